The molecule has 0 spiro atoms. The van der Waals surface area contributed by atoms with Gasteiger partial charge in [0.05, 0.1) is 11.8 Å². The van der Waals surface area contributed by atoms with E-state index in [1.807, 2.05) is 25.1 Å². The van der Waals surface area contributed by atoms with Gasteiger partial charge in [0.25, 0.3) is 0 Å². The second kappa shape index (κ2) is 7.86. The predicted octanol–water partition coefficient (Wildman–Crippen LogP) is 2.05. The first-order valence-electron chi connectivity index (χ1n) is 9.13. The first-order chi connectivity index (χ1) is 12.0. The molecular formula is C17H28N4O3S. The van der Waals surface area contributed by atoms with Crippen LogP contribution in [-0.4, -0.2) is 61.5 Å². The van der Waals surface area contributed by atoms with Crippen LogP contribution >= 0.6 is 0 Å². The third kappa shape index (κ3) is 4.41. The molecule has 1 aliphatic carbocycles. The Morgan fingerprint density at radius 1 is 1.08 bits per heavy atom. The quantitative estimate of drug-likeness (QED) is 0.792. The van der Waals surface area contributed by atoms with Gasteiger partial charge in [0.2, 0.25) is 15.9 Å². The van der Waals surface area contributed by atoms with E-state index in [9.17, 15) is 8.42 Å². The van der Waals surface area contributed by atoms with Crippen molar-refractivity contribution in [2.24, 2.45) is 0 Å². The molecule has 7 nitrogen and oxygen atoms in total. The molecule has 1 aliphatic heterocycles. The molecule has 1 atom stereocenters. The fraction of sp³-hybridized carbons (Fsp3) is 0.765. The van der Waals surface area contributed by atoms with Gasteiger partial charge in [0.1, 0.15) is 6.10 Å². The topological polar surface area (TPSA) is 75.6 Å². The van der Waals surface area contributed by atoms with Crippen LogP contribution in [0.25, 0.3) is 0 Å². The highest BCUT2D eigenvalue weighted by Gasteiger charge is 2.36. The second-order valence-electron chi connectivity index (χ2n) is 7.17. The molecule has 8 heteroatoms. The van der Waals surface area contributed by atoms with E-state index in [1.54, 1.807) is 10.4 Å². The van der Waals surface area contributed by atoms with Crippen molar-refractivity contribution < 1.29 is 13.2 Å². The number of aromatic nitrogens is 2. The number of anilines is 1. The lowest BCUT2D eigenvalue weighted by Crippen LogP contribution is -2.48. The highest BCUT2D eigenvalue weighted by atomic mass is 32.2. The Labute approximate surface area is 150 Å². The van der Waals surface area contributed by atoms with Crippen LogP contribution in [0.5, 0.6) is 5.88 Å². The van der Waals surface area contributed by atoms with E-state index in [0.29, 0.717) is 19.0 Å². The molecule has 3 rings (SSSR count). The molecule has 1 aromatic heterocycles. The number of ether oxygens (including phenoxy) is 1. The number of hydrogen-bond donors (Lipinski definition) is 0. The van der Waals surface area contributed by atoms with Gasteiger partial charge in [0.15, 0.2) is 5.82 Å². The third-order valence-corrected chi connectivity index (χ3v) is 7.41. The van der Waals surface area contributed by atoms with Gasteiger partial charge in [-0.15, -0.1) is 10.2 Å². The van der Waals surface area contributed by atoms with E-state index in [2.05, 4.69) is 10.2 Å². The van der Waals surface area contributed by atoms with Crippen LogP contribution in [0.1, 0.15) is 44.9 Å². The van der Waals surface area contributed by atoms with E-state index in [4.69, 9.17) is 4.74 Å². The zero-order valence-electron chi connectivity index (χ0n) is 15.1. The van der Waals surface area contributed by atoms with Crippen molar-refractivity contribution in [1.82, 2.24) is 14.5 Å². The molecule has 1 aromatic rings. The maximum atomic E-state index is 12.9. The van der Waals surface area contributed by atoms with Gasteiger partial charge in [-0.05, 0) is 31.7 Å². The Balaban J connectivity index is 1.62. The summed E-state index contributed by atoms with van der Waals surface area (Å²) in [5, 5.41) is 7.98. The minimum absolute atomic E-state index is 0.161. The molecule has 140 valence electrons. The molecule has 0 radical (unpaired) electrons. The Hall–Kier alpha value is -1.41. The minimum atomic E-state index is -3.22. The van der Waals surface area contributed by atoms with Crippen molar-refractivity contribution in [2.45, 2.75) is 56.3 Å². The fourth-order valence-electron chi connectivity index (χ4n) is 3.59. The van der Waals surface area contributed by atoms with Gasteiger partial charge in [-0.1, -0.05) is 19.3 Å². The lowest BCUT2D eigenvalue weighted by molar-refractivity contribution is 0.122. The van der Waals surface area contributed by atoms with E-state index < -0.39 is 10.0 Å². The molecule has 2 heterocycles. The standard InChI is InChI=1S/C17H28N4O3S/c1-20(2)16-10-11-17(19-18-16)24-14-7-6-12-21(13-14)25(22,23)15-8-4-3-5-9-15/h10-11,14-15H,3-9,12-13H2,1-2H3. The number of nitrogens with zero attached hydrogens (tertiary/aromatic N) is 4. The van der Waals surface area contributed by atoms with Gasteiger partial charge < -0.3 is 9.64 Å². The number of sulfonamides is 1. The van der Waals surface area contributed by atoms with Crippen LogP contribution in [0.2, 0.25) is 0 Å². The lowest BCUT2D eigenvalue weighted by Gasteiger charge is -2.35. The number of hydrogen-bond acceptors (Lipinski definition) is 6. The maximum Gasteiger partial charge on any atom is 0.233 e. The van der Waals surface area contributed by atoms with Gasteiger partial charge >= 0.3 is 0 Å². The van der Waals surface area contributed by atoms with Crippen LogP contribution in [0, 0.1) is 0 Å². The lowest BCUT2D eigenvalue weighted by atomic mass is 10.0. The van der Waals surface area contributed by atoms with Crippen molar-refractivity contribution in [1.29, 1.82) is 0 Å². The van der Waals surface area contributed by atoms with Crippen LogP contribution in [0.15, 0.2) is 12.1 Å². The van der Waals surface area contributed by atoms with Crippen LogP contribution in [0.3, 0.4) is 0 Å². The average molecular weight is 369 g/mol. The molecule has 1 saturated heterocycles. The maximum absolute atomic E-state index is 12.9. The van der Waals surface area contributed by atoms with E-state index in [1.165, 1.54) is 0 Å². The van der Waals surface area contributed by atoms with Gasteiger partial charge in [-0.3, -0.25) is 0 Å². The molecule has 1 unspecified atom stereocenters. The molecule has 1 saturated carbocycles. The van der Waals surface area contributed by atoms with Crippen molar-refractivity contribution >= 4 is 15.8 Å². The van der Waals surface area contributed by atoms with E-state index >= 15 is 0 Å². The minimum Gasteiger partial charge on any atom is -0.472 e. The summed E-state index contributed by atoms with van der Waals surface area (Å²) in [6.45, 7) is 1.01. The first-order valence-corrected chi connectivity index (χ1v) is 10.6. The summed E-state index contributed by atoms with van der Waals surface area (Å²) in [4.78, 5) is 1.87. The fourth-order valence-corrected chi connectivity index (χ4v) is 5.70. The SMILES string of the molecule is CN(C)c1ccc(OC2CCCN(S(=O)(=O)C3CCCCC3)C2)nn1. The molecule has 2 aliphatic rings. The van der Waals surface area contributed by atoms with Gasteiger partial charge in [0, 0.05) is 26.7 Å². The monoisotopic (exact) mass is 368 g/mol. The van der Waals surface area contributed by atoms with Gasteiger partial charge in [-0.25, -0.2) is 8.42 Å². The Morgan fingerprint density at radius 3 is 2.48 bits per heavy atom. The summed E-state index contributed by atoms with van der Waals surface area (Å²) < 4.78 is 33.3. The highest BCUT2D eigenvalue weighted by molar-refractivity contribution is 7.89. The molecule has 0 N–H and O–H groups in total. The zero-order chi connectivity index (χ0) is 17.9. The first kappa shape index (κ1) is 18.4. The largest absolute Gasteiger partial charge is 0.472 e. The summed E-state index contributed by atoms with van der Waals surface area (Å²) in [5.74, 6) is 1.21. The second-order valence-corrected chi connectivity index (χ2v) is 9.38. The smallest absolute Gasteiger partial charge is 0.233 e. The Bertz CT molecular complexity index is 657. The molecule has 2 fully saturated rings. The summed E-state index contributed by atoms with van der Waals surface area (Å²) >= 11 is 0. The summed E-state index contributed by atoms with van der Waals surface area (Å²) in [6.07, 6.45) is 6.28. The van der Waals surface area contributed by atoms with Crippen LogP contribution in [-0.2, 0) is 10.0 Å². The van der Waals surface area contributed by atoms with Crippen molar-refractivity contribution in [3.63, 3.8) is 0 Å². The molecule has 0 bridgehead atoms. The number of piperidine rings is 1. The predicted molar refractivity (Wildman–Crippen MR) is 97.4 cm³/mol. The zero-order valence-corrected chi connectivity index (χ0v) is 15.9. The van der Waals surface area contributed by atoms with Crippen molar-refractivity contribution in [3.05, 3.63) is 12.1 Å². The van der Waals surface area contributed by atoms with Gasteiger partial charge in [-0.2, -0.15) is 4.31 Å². The summed E-state index contributed by atoms with van der Waals surface area (Å²) in [7, 11) is 0.587. The Morgan fingerprint density at radius 2 is 1.84 bits per heavy atom. The molecule has 0 amide bonds. The molecule has 0 aromatic carbocycles. The van der Waals surface area contributed by atoms with E-state index in [0.717, 1.165) is 50.8 Å². The summed E-state index contributed by atoms with van der Waals surface area (Å²) in [5.41, 5.74) is 0. The summed E-state index contributed by atoms with van der Waals surface area (Å²) in [6, 6.07) is 3.64. The average Bonchev–Trinajstić information content (AvgIpc) is 2.63. The van der Waals surface area contributed by atoms with Crippen molar-refractivity contribution in [3.8, 4) is 5.88 Å². The van der Waals surface area contributed by atoms with E-state index in [-0.39, 0.29) is 11.4 Å². The molecular weight excluding hydrogens is 340 g/mol. The third-order valence-electron chi connectivity index (χ3n) is 5.05. The highest BCUT2D eigenvalue weighted by Crippen LogP contribution is 2.28. The Kier molecular flexibility index (Phi) is 5.78. The molecule has 25 heavy (non-hydrogen) atoms. The normalized spacial score (nSPS) is 23.4. The van der Waals surface area contributed by atoms with Crippen LogP contribution in [0.4, 0.5) is 5.82 Å². The van der Waals surface area contributed by atoms with Crippen molar-refractivity contribution in [2.75, 3.05) is 32.1 Å². The number of rotatable bonds is 5. The van der Waals surface area contributed by atoms with Crippen LogP contribution < -0.4 is 9.64 Å².